The number of primary amides is 2. The Kier molecular flexibility index (Phi) is 4.90. The third-order valence-electron chi connectivity index (χ3n) is 2.43. The third-order valence-corrected chi connectivity index (χ3v) is 2.43. The fraction of sp³-hybridized carbons (Fsp3) is 0.250. The molecule has 0 fully saturated rings. The predicted molar refractivity (Wildman–Crippen MR) is 69.0 cm³/mol. The van der Waals surface area contributed by atoms with E-state index in [1.807, 2.05) is 0 Å². The van der Waals surface area contributed by atoms with Crippen molar-refractivity contribution in [3.8, 4) is 11.5 Å². The maximum absolute atomic E-state index is 12.2. The van der Waals surface area contributed by atoms with E-state index in [2.05, 4.69) is 0 Å². The molecule has 0 aliphatic rings. The first kappa shape index (κ1) is 15.3. The number of carbonyl (C=O) groups is 3. The number of para-hydroxylation sites is 1. The number of ether oxygens (including phenoxy) is 1. The highest BCUT2D eigenvalue weighted by molar-refractivity contribution is 6.00. The normalized spacial score (nSPS) is 9.85. The average Bonchev–Trinajstić information content (AvgIpc) is 2.36. The SMILES string of the molecule is COc1cccc(C(=O)N(CC(N)=O)CC(N)=O)c1O. The molecule has 5 N–H and O–H groups in total. The van der Waals surface area contributed by atoms with Crippen molar-refractivity contribution in [2.45, 2.75) is 0 Å². The highest BCUT2D eigenvalue weighted by atomic mass is 16.5. The van der Waals surface area contributed by atoms with Crippen molar-refractivity contribution in [1.29, 1.82) is 0 Å². The number of carbonyl (C=O) groups excluding carboxylic acids is 3. The molecule has 0 saturated carbocycles. The molecule has 0 spiro atoms. The maximum atomic E-state index is 12.2. The molecule has 8 heteroatoms. The van der Waals surface area contributed by atoms with Crippen LogP contribution in [0.5, 0.6) is 11.5 Å². The summed E-state index contributed by atoms with van der Waals surface area (Å²) in [6, 6.07) is 4.27. The van der Waals surface area contributed by atoms with E-state index in [9.17, 15) is 19.5 Å². The van der Waals surface area contributed by atoms with Crippen LogP contribution in [0.3, 0.4) is 0 Å². The summed E-state index contributed by atoms with van der Waals surface area (Å²) in [7, 11) is 1.33. The number of phenolic OH excluding ortho intramolecular Hbond substituents is 1. The molecule has 0 saturated heterocycles. The van der Waals surface area contributed by atoms with Crippen molar-refractivity contribution >= 4 is 17.7 Å². The topological polar surface area (TPSA) is 136 Å². The molecule has 0 atom stereocenters. The summed E-state index contributed by atoms with van der Waals surface area (Å²) in [4.78, 5) is 34.9. The van der Waals surface area contributed by atoms with E-state index in [0.717, 1.165) is 4.90 Å². The summed E-state index contributed by atoms with van der Waals surface area (Å²) in [5, 5.41) is 9.87. The zero-order chi connectivity index (χ0) is 15.3. The number of nitrogens with two attached hydrogens (primary N) is 2. The maximum Gasteiger partial charge on any atom is 0.258 e. The zero-order valence-corrected chi connectivity index (χ0v) is 10.8. The molecule has 1 aromatic carbocycles. The van der Waals surface area contributed by atoms with Gasteiger partial charge in [0.25, 0.3) is 5.91 Å². The number of amides is 3. The molecule has 108 valence electrons. The van der Waals surface area contributed by atoms with Crippen LogP contribution in [0.25, 0.3) is 0 Å². The van der Waals surface area contributed by atoms with Gasteiger partial charge in [0.05, 0.1) is 12.7 Å². The highest BCUT2D eigenvalue weighted by Crippen LogP contribution is 2.30. The first-order valence-electron chi connectivity index (χ1n) is 5.58. The Morgan fingerprint density at radius 3 is 2.20 bits per heavy atom. The second-order valence-electron chi connectivity index (χ2n) is 3.95. The average molecular weight is 281 g/mol. The van der Waals surface area contributed by atoms with Crippen LogP contribution in [0.2, 0.25) is 0 Å². The van der Waals surface area contributed by atoms with Gasteiger partial charge < -0.3 is 26.2 Å². The Bertz CT molecular complexity index is 528. The summed E-state index contributed by atoms with van der Waals surface area (Å²) in [6.45, 7) is -0.975. The predicted octanol–water partition coefficient (Wildman–Crippen LogP) is -1.19. The summed E-state index contributed by atoms with van der Waals surface area (Å²) in [6.07, 6.45) is 0. The van der Waals surface area contributed by atoms with Gasteiger partial charge in [0, 0.05) is 0 Å². The second kappa shape index (κ2) is 6.41. The van der Waals surface area contributed by atoms with E-state index in [1.165, 1.54) is 25.3 Å². The minimum atomic E-state index is -0.804. The molecular weight excluding hydrogens is 266 g/mol. The standard InChI is InChI=1S/C12H15N3O5/c1-20-8-4-2-3-7(11(8)18)12(19)15(5-9(13)16)6-10(14)17/h2-4,18H,5-6H2,1H3,(H2,13,16)(H2,14,17). The summed E-state index contributed by atoms with van der Waals surface area (Å²) < 4.78 is 4.87. The number of nitrogens with zero attached hydrogens (tertiary/aromatic N) is 1. The minimum Gasteiger partial charge on any atom is -0.504 e. The molecule has 0 aliphatic heterocycles. The van der Waals surface area contributed by atoms with Gasteiger partial charge in [0.2, 0.25) is 11.8 Å². The first-order valence-corrected chi connectivity index (χ1v) is 5.58. The van der Waals surface area contributed by atoms with Gasteiger partial charge in [-0.2, -0.15) is 0 Å². The lowest BCUT2D eigenvalue weighted by Crippen LogP contribution is -2.43. The van der Waals surface area contributed by atoms with Crippen LogP contribution in [0.15, 0.2) is 18.2 Å². The van der Waals surface area contributed by atoms with E-state index < -0.39 is 30.8 Å². The van der Waals surface area contributed by atoms with Gasteiger partial charge in [-0.05, 0) is 12.1 Å². The quantitative estimate of drug-likeness (QED) is 0.602. The summed E-state index contributed by atoms with van der Waals surface area (Å²) in [5.41, 5.74) is 9.90. The molecule has 3 amide bonds. The first-order chi connectivity index (χ1) is 9.36. The van der Waals surface area contributed by atoms with E-state index in [4.69, 9.17) is 16.2 Å². The van der Waals surface area contributed by atoms with Crippen molar-refractivity contribution < 1.29 is 24.2 Å². The lowest BCUT2D eigenvalue weighted by molar-refractivity contribution is -0.121. The Balaban J connectivity index is 3.11. The van der Waals surface area contributed by atoms with Gasteiger partial charge in [-0.1, -0.05) is 6.07 Å². The molecule has 1 rings (SSSR count). The van der Waals surface area contributed by atoms with Gasteiger partial charge >= 0.3 is 0 Å². The molecular formula is C12H15N3O5. The molecule has 0 heterocycles. The van der Waals surface area contributed by atoms with Crippen LogP contribution < -0.4 is 16.2 Å². The Morgan fingerprint density at radius 1 is 1.20 bits per heavy atom. The highest BCUT2D eigenvalue weighted by Gasteiger charge is 2.23. The second-order valence-corrected chi connectivity index (χ2v) is 3.95. The summed E-state index contributed by atoms with van der Waals surface area (Å²) >= 11 is 0. The smallest absolute Gasteiger partial charge is 0.258 e. The molecule has 0 aliphatic carbocycles. The summed E-state index contributed by atoms with van der Waals surface area (Å²) in [5.74, 6) is -2.66. The number of phenols is 1. The van der Waals surface area contributed by atoms with Crippen molar-refractivity contribution in [1.82, 2.24) is 4.90 Å². The van der Waals surface area contributed by atoms with Crippen molar-refractivity contribution in [2.24, 2.45) is 11.5 Å². The fourth-order valence-electron chi connectivity index (χ4n) is 1.61. The van der Waals surface area contributed by atoms with Gasteiger partial charge in [-0.3, -0.25) is 14.4 Å². The Morgan fingerprint density at radius 2 is 1.75 bits per heavy atom. The minimum absolute atomic E-state index is 0.0916. The Hall–Kier alpha value is -2.77. The van der Waals surface area contributed by atoms with Gasteiger partial charge in [-0.15, -0.1) is 0 Å². The molecule has 0 unspecified atom stereocenters. The number of methoxy groups -OCH3 is 1. The van der Waals surface area contributed by atoms with Crippen molar-refractivity contribution in [3.63, 3.8) is 0 Å². The monoisotopic (exact) mass is 281 g/mol. The molecule has 20 heavy (non-hydrogen) atoms. The van der Waals surface area contributed by atoms with Crippen LogP contribution >= 0.6 is 0 Å². The van der Waals surface area contributed by atoms with Crippen LogP contribution in [-0.2, 0) is 9.59 Å². The van der Waals surface area contributed by atoms with Gasteiger partial charge in [-0.25, -0.2) is 0 Å². The van der Waals surface area contributed by atoms with E-state index in [0.29, 0.717) is 0 Å². The van der Waals surface area contributed by atoms with Crippen LogP contribution in [0.4, 0.5) is 0 Å². The lowest BCUT2D eigenvalue weighted by Gasteiger charge is -2.20. The van der Waals surface area contributed by atoms with Gasteiger partial charge in [0.1, 0.15) is 13.1 Å². The van der Waals surface area contributed by atoms with E-state index in [-0.39, 0.29) is 17.1 Å². The van der Waals surface area contributed by atoms with Crippen LogP contribution in [0, 0.1) is 0 Å². The number of hydrogen-bond acceptors (Lipinski definition) is 5. The van der Waals surface area contributed by atoms with E-state index >= 15 is 0 Å². The number of aromatic hydroxyl groups is 1. The number of benzene rings is 1. The lowest BCUT2D eigenvalue weighted by atomic mass is 10.1. The number of hydrogen-bond donors (Lipinski definition) is 3. The molecule has 0 aromatic heterocycles. The largest absolute Gasteiger partial charge is 0.504 e. The van der Waals surface area contributed by atoms with Gasteiger partial charge in [0.15, 0.2) is 11.5 Å². The van der Waals surface area contributed by atoms with E-state index in [1.54, 1.807) is 0 Å². The van der Waals surface area contributed by atoms with Crippen molar-refractivity contribution in [2.75, 3.05) is 20.2 Å². The van der Waals surface area contributed by atoms with Crippen molar-refractivity contribution in [3.05, 3.63) is 23.8 Å². The molecule has 0 radical (unpaired) electrons. The molecule has 0 bridgehead atoms. The Labute approximate surface area is 114 Å². The fourth-order valence-corrected chi connectivity index (χ4v) is 1.61. The molecule has 1 aromatic rings. The van der Waals surface area contributed by atoms with Crippen LogP contribution in [0.1, 0.15) is 10.4 Å². The van der Waals surface area contributed by atoms with Crippen LogP contribution in [-0.4, -0.2) is 47.9 Å². The number of rotatable bonds is 6. The molecule has 8 nitrogen and oxygen atoms in total. The third kappa shape index (κ3) is 3.61. The zero-order valence-electron chi connectivity index (χ0n) is 10.8.